The van der Waals surface area contributed by atoms with Gasteiger partial charge >= 0.3 is 5.97 Å². The van der Waals surface area contributed by atoms with Crippen molar-refractivity contribution in [3.63, 3.8) is 0 Å². The maximum atomic E-state index is 12.7. The number of methoxy groups -OCH3 is 2. The first-order chi connectivity index (χ1) is 14.0. The van der Waals surface area contributed by atoms with Crippen molar-refractivity contribution in [2.24, 2.45) is 0 Å². The van der Waals surface area contributed by atoms with Gasteiger partial charge in [-0.05, 0) is 36.6 Å². The van der Waals surface area contributed by atoms with Crippen LogP contribution in [0.3, 0.4) is 0 Å². The van der Waals surface area contributed by atoms with Crippen molar-refractivity contribution in [1.82, 2.24) is 4.90 Å². The molecule has 0 N–H and O–H groups in total. The molecule has 29 heavy (non-hydrogen) atoms. The lowest BCUT2D eigenvalue weighted by Crippen LogP contribution is -2.42. The van der Waals surface area contributed by atoms with Crippen LogP contribution in [-0.2, 0) is 27.3 Å². The van der Waals surface area contributed by atoms with Gasteiger partial charge in [-0.15, -0.1) is 0 Å². The van der Waals surface area contributed by atoms with Gasteiger partial charge in [0, 0.05) is 24.7 Å². The first kappa shape index (κ1) is 20.5. The summed E-state index contributed by atoms with van der Waals surface area (Å²) < 4.78 is 15.9. The molecule has 0 fully saturated rings. The van der Waals surface area contributed by atoms with Crippen molar-refractivity contribution in [3.8, 4) is 11.5 Å². The van der Waals surface area contributed by atoms with E-state index in [0.717, 1.165) is 12.0 Å². The van der Waals surface area contributed by atoms with Crippen LogP contribution in [0.5, 0.6) is 11.5 Å². The summed E-state index contributed by atoms with van der Waals surface area (Å²) in [6.45, 7) is 2.75. The van der Waals surface area contributed by atoms with Crippen LogP contribution in [0.15, 0.2) is 48.5 Å². The quantitative estimate of drug-likeness (QED) is 0.555. The number of carbonyl (C=O) groups excluding carboxylic acids is 2. The molecule has 0 bridgehead atoms. The van der Waals surface area contributed by atoms with Gasteiger partial charge in [0.15, 0.2) is 17.6 Å². The second-order valence-electron chi connectivity index (χ2n) is 6.77. The Morgan fingerprint density at radius 2 is 1.79 bits per heavy atom. The molecule has 1 amide bonds. The zero-order chi connectivity index (χ0) is 20.8. The molecule has 152 valence electrons. The molecule has 2 aromatic rings. The van der Waals surface area contributed by atoms with Crippen LogP contribution in [0.1, 0.15) is 23.6 Å². The molecule has 0 aromatic heterocycles. The molecule has 1 heterocycles. The number of fused-ring (bicyclic) bond motifs is 1. The molecule has 0 saturated carbocycles. The first-order valence-corrected chi connectivity index (χ1v) is 9.48. The third-order valence-electron chi connectivity index (χ3n) is 4.92. The SMILES string of the molecule is COc1cccc(/C=C/C(=O)O[C@@H](C)C(=O)N2CCc3ccccc3C2)c1OC. The summed E-state index contributed by atoms with van der Waals surface area (Å²) in [5, 5.41) is 0. The third-order valence-corrected chi connectivity index (χ3v) is 4.92. The molecular formula is C23H25NO5. The Hall–Kier alpha value is -3.28. The Morgan fingerprint density at radius 3 is 2.52 bits per heavy atom. The van der Waals surface area contributed by atoms with Gasteiger partial charge in [-0.1, -0.05) is 36.4 Å². The molecule has 1 atom stereocenters. The van der Waals surface area contributed by atoms with E-state index in [9.17, 15) is 9.59 Å². The monoisotopic (exact) mass is 395 g/mol. The molecule has 6 heteroatoms. The molecular weight excluding hydrogens is 370 g/mol. The number of nitrogens with zero attached hydrogens (tertiary/aromatic N) is 1. The predicted molar refractivity (Wildman–Crippen MR) is 110 cm³/mol. The smallest absolute Gasteiger partial charge is 0.331 e. The fourth-order valence-corrected chi connectivity index (χ4v) is 3.41. The van der Waals surface area contributed by atoms with Gasteiger partial charge < -0.3 is 19.1 Å². The minimum Gasteiger partial charge on any atom is -0.493 e. The highest BCUT2D eigenvalue weighted by Crippen LogP contribution is 2.31. The molecule has 0 aliphatic carbocycles. The second kappa shape index (κ2) is 9.28. The fourth-order valence-electron chi connectivity index (χ4n) is 3.41. The fraction of sp³-hybridized carbons (Fsp3) is 0.304. The second-order valence-corrected chi connectivity index (χ2v) is 6.77. The lowest BCUT2D eigenvalue weighted by molar-refractivity contribution is -0.155. The summed E-state index contributed by atoms with van der Waals surface area (Å²) in [7, 11) is 3.08. The minimum atomic E-state index is -0.857. The van der Waals surface area contributed by atoms with E-state index in [2.05, 4.69) is 6.07 Å². The number of benzene rings is 2. The molecule has 2 aromatic carbocycles. The average Bonchev–Trinajstić information content (AvgIpc) is 2.76. The first-order valence-electron chi connectivity index (χ1n) is 9.48. The van der Waals surface area contributed by atoms with Crippen LogP contribution < -0.4 is 9.47 Å². The summed E-state index contributed by atoms with van der Waals surface area (Å²) in [5.41, 5.74) is 3.07. The van der Waals surface area contributed by atoms with E-state index in [4.69, 9.17) is 14.2 Å². The molecule has 0 saturated heterocycles. The zero-order valence-corrected chi connectivity index (χ0v) is 16.9. The highest BCUT2D eigenvalue weighted by atomic mass is 16.5. The van der Waals surface area contributed by atoms with E-state index in [0.29, 0.717) is 30.2 Å². The van der Waals surface area contributed by atoms with Gasteiger partial charge in [0.2, 0.25) is 0 Å². The van der Waals surface area contributed by atoms with Crippen molar-refractivity contribution in [3.05, 3.63) is 65.2 Å². The number of hydrogen-bond acceptors (Lipinski definition) is 5. The molecule has 0 unspecified atom stereocenters. The van der Waals surface area contributed by atoms with Crippen LogP contribution in [0, 0.1) is 0 Å². The van der Waals surface area contributed by atoms with Crippen LogP contribution in [-0.4, -0.2) is 43.6 Å². The van der Waals surface area contributed by atoms with Crippen LogP contribution >= 0.6 is 0 Å². The Balaban J connectivity index is 1.61. The lowest BCUT2D eigenvalue weighted by Gasteiger charge is -2.30. The highest BCUT2D eigenvalue weighted by molar-refractivity contribution is 5.91. The van der Waals surface area contributed by atoms with Crippen molar-refractivity contribution in [2.75, 3.05) is 20.8 Å². The Bertz CT molecular complexity index is 921. The van der Waals surface area contributed by atoms with E-state index >= 15 is 0 Å². The van der Waals surface area contributed by atoms with Gasteiger partial charge in [0.25, 0.3) is 5.91 Å². The zero-order valence-electron chi connectivity index (χ0n) is 16.9. The maximum absolute atomic E-state index is 12.7. The maximum Gasteiger partial charge on any atom is 0.331 e. The van der Waals surface area contributed by atoms with Crippen LogP contribution in [0.4, 0.5) is 0 Å². The summed E-state index contributed by atoms with van der Waals surface area (Å²) in [4.78, 5) is 26.6. The van der Waals surface area contributed by atoms with Crippen LogP contribution in [0.25, 0.3) is 6.08 Å². The number of esters is 1. The molecule has 1 aliphatic heterocycles. The van der Waals surface area contributed by atoms with Crippen molar-refractivity contribution in [2.45, 2.75) is 26.0 Å². The number of rotatable bonds is 6. The minimum absolute atomic E-state index is 0.194. The van der Waals surface area contributed by atoms with E-state index < -0.39 is 12.1 Å². The van der Waals surface area contributed by atoms with E-state index in [1.807, 2.05) is 18.2 Å². The third kappa shape index (κ3) is 4.77. The Morgan fingerprint density at radius 1 is 1.03 bits per heavy atom. The van der Waals surface area contributed by atoms with E-state index in [1.54, 1.807) is 43.2 Å². The van der Waals surface area contributed by atoms with Crippen LogP contribution in [0.2, 0.25) is 0 Å². The molecule has 1 aliphatic rings. The van der Waals surface area contributed by atoms with Gasteiger partial charge in [0.05, 0.1) is 14.2 Å². The number of amides is 1. The largest absolute Gasteiger partial charge is 0.493 e. The molecule has 6 nitrogen and oxygen atoms in total. The summed E-state index contributed by atoms with van der Waals surface area (Å²) in [6.07, 6.45) is 2.81. The summed E-state index contributed by atoms with van der Waals surface area (Å²) in [6, 6.07) is 13.4. The summed E-state index contributed by atoms with van der Waals surface area (Å²) in [5.74, 6) is 0.306. The molecule has 0 spiro atoms. The number of hydrogen-bond donors (Lipinski definition) is 0. The van der Waals surface area contributed by atoms with Crippen molar-refractivity contribution in [1.29, 1.82) is 0 Å². The number of carbonyl (C=O) groups is 2. The van der Waals surface area contributed by atoms with Crippen molar-refractivity contribution >= 4 is 18.0 Å². The van der Waals surface area contributed by atoms with E-state index in [-0.39, 0.29) is 5.91 Å². The number of para-hydroxylation sites is 1. The van der Waals surface area contributed by atoms with Gasteiger partial charge in [0.1, 0.15) is 0 Å². The Kier molecular flexibility index (Phi) is 6.54. The predicted octanol–water partition coefficient (Wildman–Crippen LogP) is 3.23. The van der Waals surface area contributed by atoms with Gasteiger partial charge in [-0.3, -0.25) is 4.79 Å². The van der Waals surface area contributed by atoms with E-state index in [1.165, 1.54) is 18.7 Å². The normalized spacial score (nSPS) is 14.2. The average molecular weight is 395 g/mol. The van der Waals surface area contributed by atoms with Gasteiger partial charge in [-0.2, -0.15) is 0 Å². The lowest BCUT2D eigenvalue weighted by atomic mass is 9.99. The van der Waals surface area contributed by atoms with Crippen molar-refractivity contribution < 1.29 is 23.8 Å². The topological polar surface area (TPSA) is 65.1 Å². The summed E-state index contributed by atoms with van der Waals surface area (Å²) >= 11 is 0. The molecule has 3 rings (SSSR count). The number of ether oxygens (including phenoxy) is 3. The van der Waals surface area contributed by atoms with Gasteiger partial charge in [-0.25, -0.2) is 4.79 Å². The highest BCUT2D eigenvalue weighted by Gasteiger charge is 2.26. The molecule has 0 radical (unpaired) electrons. The Labute approximate surface area is 170 Å². The standard InChI is InChI=1S/C23H25NO5/c1-16(23(26)24-14-13-17-7-4-5-8-19(17)15-24)29-21(25)12-11-18-9-6-10-20(27-2)22(18)28-3/h4-12,16H,13-15H2,1-3H3/b12-11+/t16-/m0/s1.